The SMILES string of the molecule is CCCc1ccc(NC(C)C(=O)NCCc2cccs2)cc1. The maximum Gasteiger partial charge on any atom is 0.242 e. The molecule has 1 atom stereocenters. The summed E-state index contributed by atoms with van der Waals surface area (Å²) in [4.78, 5) is 13.4. The molecular formula is C18H24N2OS. The lowest BCUT2D eigenvalue weighted by molar-refractivity contribution is -0.121. The highest BCUT2D eigenvalue weighted by atomic mass is 32.1. The first-order chi connectivity index (χ1) is 10.7. The number of carbonyl (C=O) groups is 1. The van der Waals surface area contributed by atoms with Gasteiger partial charge < -0.3 is 10.6 Å². The van der Waals surface area contributed by atoms with Crippen molar-refractivity contribution in [1.29, 1.82) is 0 Å². The zero-order valence-corrected chi connectivity index (χ0v) is 14.1. The zero-order valence-electron chi connectivity index (χ0n) is 13.3. The van der Waals surface area contributed by atoms with Crippen LogP contribution in [-0.4, -0.2) is 18.5 Å². The van der Waals surface area contributed by atoms with E-state index < -0.39 is 0 Å². The number of amides is 1. The molecule has 0 aliphatic heterocycles. The summed E-state index contributed by atoms with van der Waals surface area (Å²) in [6, 6.07) is 12.2. The number of thiophene rings is 1. The largest absolute Gasteiger partial charge is 0.374 e. The predicted octanol–water partition coefficient (Wildman–Crippen LogP) is 3.86. The van der Waals surface area contributed by atoms with Gasteiger partial charge in [0.2, 0.25) is 5.91 Å². The minimum Gasteiger partial charge on any atom is -0.374 e. The number of hydrogen-bond acceptors (Lipinski definition) is 3. The van der Waals surface area contributed by atoms with Crippen molar-refractivity contribution in [3.05, 3.63) is 52.2 Å². The van der Waals surface area contributed by atoms with Gasteiger partial charge in [0.25, 0.3) is 0 Å². The molecule has 2 N–H and O–H groups in total. The Morgan fingerprint density at radius 2 is 1.95 bits per heavy atom. The highest BCUT2D eigenvalue weighted by molar-refractivity contribution is 7.09. The molecule has 22 heavy (non-hydrogen) atoms. The third kappa shape index (κ3) is 5.19. The Bertz CT molecular complexity index is 563. The Labute approximate surface area is 136 Å². The van der Waals surface area contributed by atoms with Gasteiger partial charge in [-0.2, -0.15) is 0 Å². The lowest BCUT2D eigenvalue weighted by Crippen LogP contribution is -2.38. The Morgan fingerprint density at radius 1 is 1.18 bits per heavy atom. The fraction of sp³-hybridized carbons (Fsp3) is 0.389. The van der Waals surface area contributed by atoms with E-state index in [2.05, 4.69) is 41.1 Å². The van der Waals surface area contributed by atoms with Crippen LogP contribution in [0.25, 0.3) is 0 Å². The molecule has 1 unspecified atom stereocenters. The van der Waals surface area contributed by atoms with E-state index in [0.717, 1.165) is 24.9 Å². The summed E-state index contributed by atoms with van der Waals surface area (Å²) in [6.07, 6.45) is 3.14. The molecule has 0 bridgehead atoms. The molecule has 0 radical (unpaired) electrons. The molecule has 0 spiro atoms. The fourth-order valence-electron chi connectivity index (χ4n) is 2.29. The number of anilines is 1. The molecular weight excluding hydrogens is 292 g/mol. The third-order valence-corrected chi connectivity index (χ3v) is 4.46. The van der Waals surface area contributed by atoms with Crippen molar-refractivity contribution < 1.29 is 4.79 Å². The molecule has 0 saturated heterocycles. The van der Waals surface area contributed by atoms with Gasteiger partial charge in [-0.15, -0.1) is 11.3 Å². The Kier molecular flexibility index (Phi) is 6.46. The summed E-state index contributed by atoms with van der Waals surface area (Å²) in [5, 5.41) is 8.28. The fourth-order valence-corrected chi connectivity index (χ4v) is 3.00. The highest BCUT2D eigenvalue weighted by Gasteiger charge is 2.11. The third-order valence-electron chi connectivity index (χ3n) is 3.52. The van der Waals surface area contributed by atoms with Gasteiger partial charge >= 0.3 is 0 Å². The van der Waals surface area contributed by atoms with Crippen molar-refractivity contribution in [3.63, 3.8) is 0 Å². The van der Waals surface area contributed by atoms with E-state index in [-0.39, 0.29) is 11.9 Å². The second-order valence-corrected chi connectivity index (χ2v) is 6.47. The molecule has 4 heteroatoms. The smallest absolute Gasteiger partial charge is 0.242 e. The van der Waals surface area contributed by atoms with Crippen LogP contribution in [0.3, 0.4) is 0 Å². The van der Waals surface area contributed by atoms with Crippen LogP contribution in [-0.2, 0) is 17.6 Å². The number of rotatable bonds is 8. The summed E-state index contributed by atoms with van der Waals surface area (Å²) in [5.41, 5.74) is 2.32. The Hall–Kier alpha value is -1.81. The molecule has 1 aromatic heterocycles. The van der Waals surface area contributed by atoms with Crippen LogP contribution < -0.4 is 10.6 Å². The van der Waals surface area contributed by atoms with Crippen molar-refractivity contribution in [2.45, 2.75) is 39.2 Å². The van der Waals surface area contributed by atoms with E-state index in [1.165, 1.54) is 10.4 Å². The molecule has 3 nitrogen and oxygen atoms in total. The van der Waals surface area contributed by atoms with Crippen LogP contribution in [0.4, 0.5) is 5.69 Å². The number of aryl methyl sites for hydroxylation is 1. The van der Waals surface area contributed by atoms with E-state index >= 15 is 0 Å². The van der Waals surface area contributed by atoms with Gasteiger partial charge in [-0.25, -0.2) is 0 Å². The average molecular weight is 316 g/mol. The van der Waals surface area contributed by atoms with E-state index in [9.17, 15) is 4.79 Å². The first kappa shape index (κ1) is 16.6. The van der Waals surface area contributed by atoms with Crippen molar-refractivity contribution in [3.8, 4) is 0 Å². The first-order valence-corrected chi connectivity index (χ1v) is 8.72. The monoisotopic (exact) mass is 316 g/mol. The summed E-state index contributed by atoms with van der Waals surface area (Å²) >= 11 is 1.72. The molecule has 0 aliphatic rings. The second kappa shape index (κ2) is 8.59. The van der Waals surface area contributed by atoms with Gasteiger partial charge in [0.05, 0.1) is 0 Å². The number of benzene rings is 1. The Morgan fingerprint density at radius 3 is 2.59 bits per heavy atom. The second-order valence-electron chi connectivity index (χ2n) is 5.43. The van der Waals surface area contributed by atoms with E-state index in [0.29, 0.717) is 6.54 Å². The van der Waals surface area contributed by atoms with E-state index in [1.807, 2.05) is 25.1 Å². The molecule has 1 heterocycles. The number of nitrogens with one attached hydrogen (secondary N) is 2. The minimum atomic E-state index is -0.236. The normalized spacial score (nSPS) is 11.9. The van der Waals surface area contributed by atoms with Crippen LogP contribution in [0.15, 0.2) is 41.8 Å². The summed E-state index contributed by atoms with van der Waals surface area (Å²) in [5.74, 6) is 0.0363. The van der Waals surface area contributed by atoms with Crippen molar-refractivity contribution >= 4 is 22.9 Å². The summed E-state index contributed by atoms with van der Waals surface area (Å²) in [7, 11) is 0. The molecule has 0 fully saturated rings. The summed E-state index contributed by atoms with van der Waals surface area (Å²) in [6.45, 7) is 4.75. The van der Waals surface area contributed by atoms with Gasteiger partial charge in [0.1, 0.15) is 6.04 Å². The van der Waals surface area contributed by atoms with Crippen LogP contribution in [0.2, 0.25) is 0 Å². The lowest BCUT2D eigenvalue weighted by atomic mass is 10.1. The van der Waals surface area contributed by atoms with E-state index in [1.54, 1.807) is 11.3 Å². The highest BCUT2D eigenvalue weighted by Crippen LogP contribution is 2.12. The molecule has 1 aromatic carbocycles. The van der Waals surface area contributed by atoms with E-state index in [4.69, 9.17) is 0 Å². The van der Waals surface area contributed by atoms with Gasteiger partial charge in [0.15, 0.2) is 0 Å². The molecule has 2 rings (SSSR count). The van der Waals surface area contributed by atoms with Crippen LogP contribution in [0, 0.1) is 0 Å². The maximum atomic E-state index is 12.1. The predicted molar refractivity (Wildman–Crippen MR) is 94.6 cm³/mol. The molecule has 0 saturated carbocycles. The standard InChI is InChI=1S/C18H24N2OS/c1-3-5-15-7-9-16(10-8-15)20-14(2)18(21)19-12-11-17-6-4-13-22-17/h4,6-10,13-14,20H,3,5,11-12H2,1-2H3,(H,19,21). The minimum absolute atomic E-state index is 0.0363. The average Bonchev–Trinajstić information content (AvgIpc) is 3.02. The molecule has 118 valence electrons. The van der Waals surface area contributed by atoms with Crippen molar-refractivity contribution in [2.75, 3.05) is 11.9 Å². The number of hydrogen-bond donors (Lipinski definition) is 2. The van der Waals surface area contributed by atoms with Gasteiger partial charge in [0, 0.05) is 17.1 Å². The van der Waals surface area contributed by atoms with Crippen molar-refractivity contribution in [1.82, 2.24) is 5.32 Å². The van der Waals surface area contributed by atoms with Gasteiger partial charge in [-0.05, 0) is 48.9 Å². The quantitative estimate of drug-likeness (QED) is 0.776. The topological polar surface area (TPSA) is 41.1 Å². The zero-order chi connectivity index (χ0) is 15.8. The Balaban J connectivity index is 1.75. The lowest BCUT2D eigenvalue weighted by Gasteiger charge is -2.15. The van der Waals surface area contributed by atoms with Crippen LogP contribution in [0.5, 0.6) is 0 Å². The van der Waals surface area contributed by atoms with Crippen LogP contribution >= 0.6 is 11.3 Å². The molecule has 1 amide bonds. The molecule has 2 aromatic rings. The maximum absolute atomic E-state index is 12.1. The van der Waals surface area contributed by atoms with Crippen LogP contribution in [0.1, 0.15) is 30.7 Å². The van der Waals surface area contributed by atoms with Gasteiger partial charge in [-0.3, -0.25) is 4.79 Å². The summed E-state index contributed by atoms with van der Waals surface area (Å²) < 4.78 is 0. The molecule has 0 aliphatic carbocycles. The van der Waals surface area contributed by atoms with Crippen molar-refractivity contribution in [2.24, 2.45) is 0 Å². The first-order valence-electron chi connectivity index (χ1n) is 7.84. The number of carbonyl (C=O) groups excluding carboxylic acids is 1. The van der Waals surface area contributed by atoms with Gasteiger partial charge in [-0.1, -0.05) is 31.5 Å².